The maximum absolute atomic E-state index is 12.3. The van der Waals surface area contributed by atoms with E-state index in [1.165, 1.54) is 25.9 Å². The Kier molecular flexibility index (Phi) is 3.84. The molecule has 2 aliphatic rings. The summed E-state index contributed by atoms with van der Waals surface area (Å²) >= 11 is 1.59. The molecule has 2 fully saturated rings. The fourth-order valence-corrected chi connectivity index (χ4v) is 3.86. The van der Waals surface area contributed by atoms with Gasteiger partial charge in [-0.05, 0) is 39.3 Å². The van der Waals surface area contributed by atoms with E-state index in [4.69, 9.17) is 0 Å². The number of carbonyl (C=O) groups excluding carboxylic acids is 1. The third kappa shape index (κ3) is 2.98. The highest BCUT2D eigenvalue weighted by atomic mass is 32.1. The van der Waals surface area contributed by atoms with Crippen LogP contribution in [0.5, 0.6) is 0 Å². The van der Waals surface area contributed by atoms with Crippen molar-refractivity contribution in [1.29, 1.82) is 0 Å². The molecule has 1 aromatic rings. The molecule has 3 rings (SSSR count). The zero-order chi connectivity index (χ0) is 13.2. The van der Waals surface area contributed by atoms with Crippen molar-refractivity contribution in [2.45, 2.75) is 38.6 Å². The second kappa shape index (κ2) is 5.59. The van der Waals surface area contributed by atoms with Crippen LogP contribution in [-0.2, 0) is 11.2 Å². The maximum atomic E-state index is 12.3. The highest BCUT2D eigenvalue weighted by Gasteiger charge is 2.31. The van der Waals surface area contributed by atoms with Gasteiger partial charge < -0.3 is 4.90 Å². The van der Waals surface area contributed by atoms with Gasteiger partial charge in [-0.2, -0.15) is 0 Å². The van der Waals surface area contributed by atoms with E-state index in [2.05, 4.69) is 9.88 Å². The number of aromatic nitrogens is 1. The number of thiazole rings is 1. The van der Waals surface area contributed by atoms with Gasteiger partial charge in [0.1, 0.15) is 5.01 Å². The Labute approximate surface area is 118 Å². The summed E-state index contributed by atoms with van der Waals surface area (Å²) in [6.45, 7) is 6.26. The van der Waals surface area contributed by atoms with Gasteiger partial charge in [-0.25, -0.2) is 4.98 Å². The Bertz CT molecular complexity index is 453. The van der Waals surface area contributed by atoms with Gasteiger partial charge in [0.25, 0.3) is 0 Å². The summed E-state index contributed by atoms with van der Waals surface area (Å²) in [5.74, 6) is 0.246. The summed E-state index contributed by atoms with van der Waals surface area (Å²) in [6, 6.07) is 0.601. The summed E-state index contributed by atoms with van der Waals surface area (Å²) < 4.78 is 0. The fourth-order valence-electron chi connectivity index (χ4n) is 3.10. The molecule has 0 radical (unpaired) electrons. The first kappa shape index (κ1) is 13.1. The monoisotopic (exact) mass is 279 g/mol. The molecule has 0 aromatic carbocycles. The molecule has 1 aromatic heterocycles. The molecule has 2 saturated heterocycles. The standard InChI is InChI=1S/C14H21N3OS/c1-11-10-19-13(15-11)8-14(18)17-7-4-12(9-17)16-5-2-3-6-16/h10,12H,2-9H2,1H3. The number of hydrogen-bond acceptors (Lipinski definition) is 4. The second-order valence-electron chi connectivity index (χ2n) is 5.58. The summed E-state index contributed by atoms with van der Waals surface area (Å²) in [5.41, 5.74) is 1.02. The highest BCUT2D eigenvalue weighted by Crippen LogP contribution is 2.21. The first-order valence-electron chi connectivity index (χ1n) is 7.15. The molecule has 0 N–H and O–H groups in total. The zero-order valence-corrected chi connectivity index (χ0v) is 12.3. The number of aryl methyl sites for hydroxylation is 1. The molecule has 0 bridgehead atoms. The van der Waals surface area contributed by atoms with Crippen LogP contribution in [0.3, 0.4) is 0 Å². The number of hydrogen-bond donors (Lipinski definition) is 0. The second-order valence-corrected chi connectivity index (χ2v) is 6.53. The first-order chi connectivity index (χ1) is 9.22. The number of amides is 1. The summed E-state index contributed by atoms with van der Waals surface area (Å²) in [4.78, 5) is 21.2. The van der Waals surface area contributed by atoms with E-state index in [0.717, 1.165) is 30.2 Å². The van der Waals surface area contributed by atoms with E-state index < -0.39 is 0 Å². The quantitative estimate of drug-likeness (QED) is 0.845. The van der Waals surface area contributed by atoms with E-state index in [1.54, 1.807) is 11.3 Å². The SMILES string of the molecule is Cc1csc(CC(=O)N2CCC(N3CCCC3)C2)n1. The van der Waals surface area contributed by atoms with Crippen molar-refractivity contribution >= 4 is 17.2 Å². The van der Waals surface area contributed by atoms with Gasteiger partial charge in [0.05, 0.1) is 6.42 Å². The molecule has 0 spiro atoms. The molecule has 2 aliphatic heterocycles. The Balaban J connectivity index is 1.53. The minimum atomic E-state index is 0.246. The van der Waals surface area contributed by atoms with Crippen molar-refractivity contribution in [1.82, 2.24) is 14.8 Å². The van der Waals surface area contributed by atoms with Crippen molar-refractivity contribution < 1.29 is 4.79 Å². The van der Waals surface area contributed by atoms with Crippen LogP contribution in [-0.4, -0.2) is 52.9 Å². The van der Waals surface area contributed by atoms with Crippen molar-refractivity contribution in [3.63, 3.8) is 0 Å². The predicted molar refractivity (Wildman–Crippen MR) is 76.3 cm³/mol. The highest BCUT2D eigenvalue weighted by molar-refractivity contribution is 7.09. The summed E-state index contributed by atoms with van der Waals surface area (Å²) in [7, 11) is 0. The molecule has 5 heteroatoms. The van der Waals surface area contributed by atoms with Crippen LogP contribution in [0.2, 0.25) is 0 Å². The van der Waals surface area contributed by atoms with Gasteiger partial charge in [0.15, 0.2) is 0 Å². The van der Waals surface area contributed by atoms with Crippen LogP contribution in [0.1, 0.15) is 30.0 Å². The number of rotatable bonds is 3. The smallest absolute Gasteiger partial charge is 0.229 e. The lowest BCUT2D eigenvalue weighted by molar-refractivity contribution is -0.129. The summed E-state index contributed by atoms with van der Waals surface area (Å²) in [5, 5.41) is 2.96. The molecule has 1 unspecified atom stereocenters. The van der Waals surface area contributed by atoms with Crippen LogP contribution >= 0.6 is 11.3 Å². The minimum absolute atomic E-state index is 0.246. The Morgan fingerprint density at radius 3 is 2.89 bits per heavy atom. The molecular formula is C14H21N3OS. The van der Waals surface area contributed by atoms with E-state index in [9.17, 15) is 4.79 Å². The topological polar surface area (TPSA) is 36.4 Å². The largest absolute Gasteiger partial charge is 0.341 e. The van der Waals surface area contributed by atoms with Crippen molar-refractivity contribution in [2.24, 2.45) is 0 Å². The van der Waals surface area contributed by atoms with Gasteiger partial charge in [-0.3, -0.25) is 9.69 Å². The molecular weight excluding hydrogens is 258 g/mol. The van der Waals surface area contributed by atoms with Crippen LogP contribution in [0, 0.1) is 6.92 Å². The number of nitrogens with zero attached hydrogens (tertiary/aromatic N) is 3. The minimum Gasteiger partial charge on any atom is -0.341 e. The van der Waals surface area contributed by atoms with Gasteiger partial charge in [-0.15, -0.1) is 11.3 Å². The van der Waals surface area contributed by atoms with Gasteiger partial charge in [-0.1, -0.05) is 0 Å². The summed E-state index contributed by atoms with van der Waals surface area (Å²) in [6.07, 6.45) is 4.26. The Morgan fingerprint density at radius 2 is 2.21 bits per heavy atom. The number of carbonyl (C=O) groups is 1. The van der Waals surface area contributed by atoms with Crippen LogP contribution in [0.4, 0.5) is 0 Å². The average molecular weight is 279 g/mol. The molecule has 19 heavy (non-hydrogen) atoms. The molecule has 1 amide bonds. The lowest BCUT2D eigenvalue weighted by Crippen LogP contribution is -2.37. The van der Waals surface area contributed by atoms with E-state index in [-0.39, 0.29) is 5.91 Å². The van der Waals surface area contributed by atoms with Gasteiger partial charge in [0, 0.05) is 30.2 Å². The van der Waals surface area contributed by atoms with E-state index in [1.807, 2.05) is 17.2 Å². The Morgan fingerprint density at radius 1 is 1.42 bits per heavy atom. The molecule has 4 nitrogen and oxygen atoms in total. The van der Waals surface area contributed by atoms with Crippen molar-refractivity contribution in [3.05, 3.63) is 16.1 Å². The maximum Gasteiger partial charge on any atom is 0.229 e. The van der Waals surface area contributed by atoms with Crippen LogP contribution < -0.4 is 0 Å². The lowest BCUT2D eigenvalue weighted by Gasteiger charge is -2.23. The molecule has 0 saturated carbocycles. The molecule has 104 valence electrons. The van der Waals surface area contributed by atoms with Crippen LogP contribution in [0.25, 0.3) is 0 Å². The normalized spacial score (nSPS) is 24.3. The Hall–Kier alpha value is -0.940. The lowest BCUT2D eigenvalue weighted by atomic mass is 10.2. The third-order valence-corrected chi connectivity index (χ3v) is 5.11. The fraction of sp³-hybridized carbons (Fsp3) is 0.714. The van der Waals surface area contributed by atoms with Gasteiger partial charge >= 0.3 is 0 Å². The van der Waals surface area contributed by atoms with E-state index in [0.29, 0.717) is 12.5 Å². The molecule has 1 atom stereocenters. The predicted octanol–water partition coefficient (Wildman–Crippen LogP) is 1.69. The van der Waals surface area contributed by atoms with Crippen molar-refractivity contribution in [2.75, 3.05) is 26.2 Å². The zero-order valence-electron chi connectivity index (χ0n) is 11.5. The first-order valence-corrected chi connectivity index (χ1v) is 8.03. The number of likely N-dealkylation sites (tertiary alicyclic amines) is 2. The average Bonchev–Trinajstić information content (AvgIpc) is 3.08. The van der Waals surface area contributed by atoms with Gasteiger partial charge in [0.2, 0.25) is 5.91 Å². The molecule has 0 aliphatic carbocycles. The van der Waals surface area contributed by atoms with Crippen molar-refractivity contribution in [3.8, 4) is 0 Å². The third-order valence-electron chi connectivity index (χ3n) is 4.14. The molecule has 3 heterocycles. The van der Waals surface area contributed by atoms with Crippen LogP contribution in [0.15, 0.2) is 5.38 Å². The van der Waals surface area contributed by atoms with E-state index >= 15 is 0 Å².